The molecule has 108 valence electrons. The lowest BCUT2D eigenvalue weighted by Crippen LogP contribution is -2.37. The molecule has 1 N–H and O–H groups in total. The quantitative estimate of drug-likeness (QED) is 0.855. The number of benzene rings is 1. The van der Waals surface area contributed by atoms with E-state index in [4.69, 9.17) is 9.47 Å². The molecule has 1 rings (SSSR count). The standard InChI is InChI=1S/C16H26O3/c1-7-16(8-2,19-6)15(17)13-10-9-11(3)12(4)14(13)18-5/h9-10,15,17H,7-8H2,1-6H3. The number of hydrogen-bond acceptors (Lipinski definition) is 3. The Labute approximate surface area is 116 Å². The maximum absolute atomic E-state index is 10.8. The van der Waals surface area contributed by atoms with E-state index < -0.39 is 11.7 Å². The second kappa shape index (κ2) is 6.40. The molecule has 0 aromatic heterocycles. The first-order chi connectivity index (χ1) is 8.97. The Morgan fingerprint density at radius 1 is 1.16 bits per heavy atom. The fourth-order valence-corrected chi connectivity index (χ4v) is 2.62. The molecule has 0 radical (unpaired) electrons. The van der Waals surface area contributed by atoms with E-state index in [1.54, 1.807) is 14.2 Å². The first-order valence-corrected chi connectivity index (χ1v) is 6.84. The van der Waals surface area contributed by atoms with Crippen molar-refractivity contribution in [3.63, 3.8) is 0 Å². The van der Waals surface area contributed by atoms with Gasteiger partial charge in [-0.2, -0.15) is 0 Å². The lowest BCUT2D eigenvalue weighted by Gasteiger charge is -2.36. The van der Waals surface area contributed by atoms with Crippen molar-refractivity contribution >= 4 is 0 Å². The van der Waals surface area contributed by atoms with Gasteiger partial charge in [0.1, 0.15) is 11.9 Å². The van der Waals surface area contributed by atoms with Crippen LogP contribution in [0.15, 0.2) is 12.1 Å². The number of aryl methyl sites for hydroxylation is 1. The molecule has 0 saturated carbocycles. The summed E-state index contributed by atoms with van der Waals surface area (Å²) >= 11 is 0. The lowest BCUT2D eigenvalue weighted by atomic mass is 9.84. The molecule has 1 atom stereocenters. The van der Waals surface area contributed by atoms with Crippen LogP contribution in [0.2, 0.25) is 0 Å². The molecule has 0 heterocycles. The summed E-state index contributed by atoms with van der Waals surface area (Å²) in [6.07, 6.45) is 0.802. The molecule has 1 aromatic rings. The summed E-state index contributed by atoms with van der Waals surface area (Å²) in [5.41, 5.74) is 2.46. The number of aliphatic hydroxyl groups is 1. The summed E-state index contributed by atoms with van der Waals surface area (Å²) in [6.45, 7) is 8.11. The minimum atomic E-state index is -0.693. The van der Waals surface area contributed by atoms with Crippen molar-refractivity contribution in [2.75, 3.05) is 14.2 Å². The number of rotatable bonds is 6. The van der Waals surface area contributed by atoms with Gasteiger partial charge in [-0.05, 0) is 37.8 Å². The van der Waals surface area contributed by atoms with Crippen LogP contribution in [-0.4, -0.2) is 24.9 Å². The van der Waals surface area contributed by atoms with E-state index in [9.17, 15) is 5.11 Å². The van der Waals surface area contributed by atoms with Crippen LogP contribution in [0.3, 0.4) is 0 Å². The average molecular weight is 266 g/mol. The van der Waals surface area contributed by atoms with Gasteiger partial charge >= 0.3 is 0 Å². The van der Waals surface area contributed by atoms with Crippen LogP contribution in [0, 0.1) is 13.8 Å². The zero-order chi connectivity index (χ0) is 14.6. The van der Waals surface area contributed by atoms with Crippen LogP contribution >= 0.6 is 0 Å². The molecule has 0 bridgehead atoms. The molecule has 0 aliphatic carbocycles. The summed E-state index contributed by atoms with van der Waals surface area (Å²) in [5, 5.41) is 10.8. The molecule has 1 unspecified atom stereocenters. The molecule has 3 nitrogen and oxygen atoms in total. The summed E-state index contributed by atoms with van der Waals surface area (Å²) in [6, 6.07) is 3.95. The van der Waals surface area contributed by atoms with E-state index in [-0.39, 0.29) is 0 Å². The first kappa shape index (κ1) is 16.0. The van der Waals surface area contributed by atoms with Crippen molar-refractivity contribution in [1.82, 2.24) is 0 Å². The Kier molecular flexibility index (Phi) is 5.39. The van der Waals surface area contributed by atoms with E-state index in [1.807, 2.05) is 39.8 Å². The zero-order valence-electron chi connectivity index (χ0n) is 12.9. The molecular weight excluding hydrogens is 240 g/mol. The van der Waals surface area contributed by atoms with Gasteiger partial charge in [-0.25, -0.2) is 0 Å². The van der Waals surface area contributed by atoms with E-state index in [0.717, 1.165) is 35.3 Å². The van der Waals surface area contributed by atoms with Gasteiger partial charge in [0.25, 0.3) is 0 Å². The first-order valence-electron chi connectivity index (χ1n) is 6.84. The summed E-state index contributed by atoms with van der Waals surface area (Å²) < 4.78 is 11.1. The van der Waals surface area contributed by atoms with E-state index in [0.29, 0.717) is 0 Å². The van der Waals surface area contributed by atoms with Crippen LogP contribution in [0.4, 0.5) is 0 Å². The second-order valence-electron chi connectivity index (χ2n) is 5.01. The Bertz CT molecular complexity index is 414. The number of ether oxygens (including phenoxy) is 2. The fraction of sp³-hybridized carbons (Fsp3) is 0.625. The normalized spacial score (nSPS) is 13.4. The van der Waals surface area contributed by atoms with Gasteiger partial charge in [-0.15, -0.1) is 0 Å². The Morgan fingerprint density at radius 2 is 1.74 bits per heavy atom. The van der Waals surface area contributed by atoms with E-state index in [1.165, 1.54) is 0 Å². The monoisotopic (exact) mass is 266 g/mol. The smallest absolute Gasteiger partial charge is 0.127 e. The highest BCUT2D eigenvalue weighted by molar-refractivity contribution is 5.47. The number of aliphatic hydroxyl groups excluding tert-OH is 1. The van der Waals surface area contributed by atoms with Gasteiger partial charge in [0.15, 0.2) is 0 Å². The predicted octanol–water partition coefficient (Wildman–Crippen LogP) is 3.55. The highest BCUT2D eigenvalue weighted by Gasteiger charge is 2.37. The lowest BCUT2D eigenvalue weighted by molar-refractivity contribution is -0.110. The molecule has 0 spiro atoms. The van der Waals surface area contributed by atoms with Gasteiger partial charge in [0, 0.05) is 12.7 Å². The summed E-state index contributed by atoms with van der Waals surface area (Å²) in [7, 11) is 3.30. The largest absolute Gasteiger partial charge is 0.496 e. The van der Waals surface area contributed by atoms with Gasteiger partial charge < -0.3 is 14.6 Å². The highest BCUT2D eigenvalue weighted by Crippen LogP contribution is 2.40. The minimum Gasteiger partial charge on any atom is -0.496 e. The molecule has 3 heteroatoms. The third-order valence-electron chi connectivity index (χ3n) is 4.31. The topological polar surface area (TPSA) is 38.7 Å². The summed E-state index contributed by atoms with van der Waals surface area (Å²) in [4.78, 5) is 0. The van der Waals surface area contributed by atoms with Crippen molar-refractivity contribution in [3.05, 3.63) is 28.8 Å². The summed E-state index contributed by atoms with van der Waals surface area (Å²) in [5.74, 6) is 0.760. The molecule has 1 aromatic carbocycles. The number of hydrogen-bond donors (Lipinski definition) is 1. The van der Waals surface area contributed by atoms with Gasteiger partial charge in [-0.3, -0.25) is 0 Å². The van der Waals surface area contributed by atoms with Gasteiger partial charge in [-0.1, -0.05) is 26.0 Å². The molecule has 0 aliphatic heterocycles. The Balaban J connectivity index is 3.33. The number of methoxy groups -OCH3 is 2. The molecule has 0 fully saturated rings. The Morgan fingerprint density at radius 3 is 2.16 bits per heavy atom. The maximum Gasteiger partial charge on any atom is 0.127 e. The third kappa shape index (κ3) is 2.77. The molecule has 0 saturated heterocycles. The fourth-order valence-electron chi connectivity index (χ4n) is 2.62. The highest BCUT2D eigenvalue weighted by atomic mass is 16.5. The van der Waals surface area contributed by atoms with Crippen LogP contribution in [0.25, 0.3) is 0 Å². The van der Waals surface area contributed by atoms with Crippen molar-refractivity contribution in [2.45, 2.75) is 52.2 Å². The minimum absolute atomic E-state index is 0.561. The second-order valence-corrected chi connectivity index (χ2v) is 5.01. The van der Waals surface area contributed by atoms with Crippen LogP contribution < -0.4 is 4.74 Å². The predicted molar refractivity (Wildman–Crippen MR) is 77.7 cm³/mol. The van der Waals surface area contributed by atoms with Crippen molar-refractivity contribution < 1.29 is 14.6 Å². The van der Waals surface area contributed by atoms with Gasteiger partial charge in [0.2, 0.25) is 0 Å². The molecular formula is C16H26O3. The molecule has 0 amide bonds. The van der Waals surface area contributed by atoms with E-state index in [2.05, 4.69) is 0 Å². The SMILES string of the molecule is CCC(CC)(OC)C(O)c1ccc(C)c(C)c1OC. The maximum atomic E-state index is 10.8. The van der Waals surface area contributed by atoms with E-state index >= 15 is 0 Å². The van der Waals surface area contributed by atoms with Crippen molar-refractivity contribution in [1.29, 1.82) is 0 Å². The zero-order valence-corrected chi connectivity index (χ0v) is 12.9. The third-order valence-corrected chi connectivity index (χ3v) is 4.31. The van der Waals surface area contributed by atoms with Crippen LogP contribution in [-0.2, 0) is 4.74 Å². The molecule has 0 aliphatic rings. The van der Waals surface area contributed by atoms with Crippen molar-refractivity contribution in [3.8, 4) is 5.75 Å². The molecule has 19 heavy (non-hydrogen) atoms. The average Bonchev–Trinajstić information content (AvgIpc) is 2.44. The Hall–Kier alpha value is -1.06. The van der Waals surface area contributed by atoms with Gasteiger partial charge in [0.05, 0.1) is 12.7 Å². The van der Waals surface area contributed by atoms with Crippen molar-refractivity contribution in [2.24, 2.45) is 0 Å². The van der Waals surface area contributed by atoms with Crippen LogP contribution in [0.1, 0.15) is 49.5 Å². The van der Waals surface area contributed by atoms with Crippen LogP contribution in [0.5, 0.6) is 5.75 Å².